The summed E-state index contributed by atoms with van der Waals surface area (Å²) in [5.74, 6) is -0.0507. The van der Waals surface area contributed by atoms with Gasteiger partial charge in [-0.05, 0) is 77.7 Å². The molecule has 0 spiro atoms. The van der Waals surface area contributed by atoms with E-state index >= 15 is 0 Å². The molecule has 0 saturated carbocycles. The van der Waals surface area contributed by atoms with Gasteiger partial charge in [-0.25, -0.2) is 4.98 Å². The van der Waals surface area contributed by atoms with Crippen molar-refractivity contribution < 1.29 is 4.79 Å². The Bertz CT molecular complexity index is 1210. The molecule has 182 valence electrons. The molecule has 1 amide bonds. The maximum absolute atomic E-state index is 13.6. The van der Waals surface area contributed by atoms with Crippen LogP contribution in [0.4, 0.5) is 0 Å². The lowest BCUT2D eigenvalue weighted by Gasteiger charge is -2.17. The Labute approximate surface area is 209 Å². The number of rotatable bonds is 9. The van der Waals surface area contributed by atoms with Crippen molar-refractivity contribution in [2.75, 3.05) is 20.6 Å². The van der Waals surface area contributed by atoms with Crippen molar-refractivity contribution >= 4 is 39.2 Å². The molecule has 1 N–H and O–H groups in total. The molecule has 0 radical (unpaired) electrons. The van der Waals surface area contributed by atoms with Crippen molar-refractivity contribution in [1.29, 1.82) is 0 Å². The first-order chi connectivity index (χ1) is 16.3. The zero-order chi connectivity index (χ0) is 24.2. The average molecular weight is 499 g/mol. The number of carbonyl (C=O) groups is 1. The molecule has 1 atom stereocenters. The summed E-state index contributed by atoms with van der Waals surface area (Å²) in [6.07, 6.45) is 5.17. The highest BCUT2D eigenvalue weighted by Gasteiger charge is 2.24. The molecule has 0 saturated heterocycles. The molecule has 0 aliphatic heterocycles. The molecule has 2 heterocycles. The number of aryl methyl sites for hydroxylation is 3. The molecule has 34 heavy (non-hydrogen) atoms. The highest BCUT2D eigenvalue weighted by molar-refractivity contribution is 8.00. The summed E-state index contributed by atoms with van der Waals surface area (Å²) >= 11 is 3.05. The van der Waals surface area contributed by atoms with Gasteiger partial charge in [0.1, 0.15) is 4.83 Å². The van der Waals surface area contributed by atoms with Crippen LogP contribution in [0.5, 0.6) is 0 Å². The molecule has 0 fully saturated rings. The van der Waals surface area contributed by atoms with Crippen LogP contribution >= 0.6 is 23.1 Å². The fraction of sp³-hybridized carbons (Fsp3) is 0.500. The van der Waals surface area contributed by atoms with Gasteiger partial charge in [0.05, 0.1) is 10.6 Å². The zero-order valence-electron chi connectivity index (χ0n) is 20.5. The number of hydrogen-bond donors (Lipinski definition) is 1. The highest BCUT2D eigenvalue weighted by atomic mass is 32.2. The van der Waals surface area contributed by atoms with Gasteiger partial charge in [0.15, 0.2) is 5.16 Å². The van der Waals surface area contributed by atoms with Crippen LogP contribution in [0.25, 0.3) is 10.2 Å². The lowest BCUT2D eigenvalue weighted by atomic mass is 9.97. The quantitative estimate of drug-likeness (QED) is 0.350. The number of thioether (sulfide) groups is 1. The van der Waals surface area contributed by atoms with Gasteiger partial charge in [0, 0.05) is 18.0 Å². The van der Waals surface area contributed by atoms with Crippen molar-refractivity contribution in [2.24, 2.45) is 0 Å². The van der Waals surface area contributed by atoms with Gasteiger partial charge in [-0.3, -0.25) is 14.2 Å². The number of nitrogens with zero attached hydrogens (tertiary/aromatic N) is 3. The van der Waals surface area contributed by atoms with E-state index in [4.69, 9.17) is 4.98 Å². The van der Waals surface area contributed by atoms with Crippen molar-refractivity contribution in [2.45, 2.75) is 69.4 Å². The second kappa shape index (κ2) is 11.1. The molecule has 1 aromatic carbocycles. The minimum atomic E-state index is -0.357. The second-order valence-corrected chi connectivity index (χ2v) is 11.8. The van der Waals surface area contributed by atoms with E-state index in [-0.39, 0.29) is 16.7 Å². The van der Waals surface area contributed by atoms with Gasteiger partial charge in [-0.2, -0.15) is 0 Å². The normalized spacial score (nSPS) is 14.4. The minimum absolute atomic E-state index is 0.0507. The molecule has 8 heteroatoms. The van der Waals surface area contributed by atoms with Crippen molar-refractivity contribution in [3.63, 3.8) is 0 Å². The van der Waals surface area contributed by atoms with Crippen LogP contribution in [0.1, 0.15) is 47.8 Å². The van der Waals surface area contributed by atoms with Gasteiger partial charge >= 0.3 is 0 Å². The Hall–Kier alpha value is -2.16. The standard InChI is InChI=1S/C26H34N4O2S2/c1-17-10-12-19(13-11-17)16-27-23(31)18(2)33-26-28-24-22(20-8-5-6-9-21(20)34-24)25(32)30(26)15-7-14-29(3)4/h10-13,18H,5-9,14-16H2,1-4H3,(H,27,31). The van der Waals surface area contributed by atoms with Gasteiger partial charge in [0.25, 0.3) is 5.56 Å². The Morgan fingerprint density at radius 1 is 1.24 bits per heavy atom. The summed E-state index contributed by atoms with van der Waals surface area (Å²) in [6, 6.07) is 8.16. The minimum Gasteiger partial charge on any atom is -0.351 e. The van der Waals surface area contributed by atoms with E-state index in [9.17, 15) is 9.59 Å². The fourth-order valence-corrected chi connectivity index (χ4v) is 6.56. The van der Waals surface area contributed by atoms with Crippen LogP contribution in [0.3, 0.4) is 0 Å². The van der Waals surface area contributed by atoms with E-state index in [1.807, 2.05) is 56.8 Å². The molecule has 3 aromatic rings. The summed E-state index contributed by atoms with van der Waals surface area (Å²) in [7, 11) is 4.07. The third-order valence-corrected chi connectivity index (χ3v) is 8.54. The number of aromatic nitrogens is 2. The maximum Gasteiger partial charge on any atom is 0.263 e. The number of nitrogens with one attached hydrogen (secondary N) is 1. The molecule has 1 aliphatic rings. The number of benzene rings is 1. The third kappa shape index (κ3) is 5.73. The Morgan fingerprint density at radius 3 is 2.71 bits per heavy atom. The second-order valence-electron chi connectivity index (χ2n) is 9.36. The first kappa shape index (κ1) is 24.9. The third-order valence-electron chi connectivity index (χ3n) is 6.27. The predicted octanol–water partition coefficient (Wildman–Crippen LogP) is 4.39. The van der Waals surface area contributed by atoms with Gasteiger partial charge < -0.3 is 10.2 Å². The first-order valence-corrected chi connectivity index (χ1v) is 13.7. The van der Waals surface area contributed by atoms with E-state index in [0.29, 0.717) is 18.2 Å². The maximum atomic E-state index is 13.6. The van der Waals surface area contributed by atoms with E-state index in [1.54, 1.807) is 11.3 Å². The molecule has 2 aromatic heterocycles. The van der Waals surface area contributed by atoms with Crippen LogP contribution in [0.2, 0.25) is 0 Å². The number of fused-ring (bicyclic) bond motifs is 3. The molecule has 4 rings (SSSR count). The summed E-state index contributed by atoms with van der Waals surface area (Å²) in [5, 5.41) is 4.13. The molecule has 1 unspecified atom stereocenters. The van der Waals surface area contributed by atoms with Crippen molar-refractivity contribution in [3.05, 3.63) is 56.2 Å². The summed E-state index contributed by atoms with van der Waals surface area (Å²) in [5.41, 5.74) is 3.53. The lowest BCUT2D eigenvalue weighted by Crippen LogP contribution is -2.32. The van der Waals surface area contributed by atoms with Crippen LogP contribution in [0, 0.1) is 6.92 Å². The Kier molecular flexibility index (Phi) is 8.11. The Morgan fingerprint density at radius 2 is 1.97 bits per heavy atom. The largest absolute Gasteiger partial charge is 0.351 e. The average Bonchev–Trinajstić information content (AvgIpc) is 3.18. The molecule has 0 bridgehead atoms. The van der Waals surface area contributed by atoms with E-state index in [1.165, 1.54) is 34.2 Å². The predicted molar refractivity (Wildman–Crippen MR) is 142 cm³/mol. The van der Waals surface area contributed by atoms with Gasteiger partial charge in [0.2, 0.25) is 5.91 Å². The van der Waals surface area contributed by atoms with Gasteiger partial charge in [-0.15, -0.1) is 11.3 Å². The first-order valence-electron chi connectivity index (χ1n) is 12.0. The van der Waals surface area contributed by atoms with Crippen LogP contribution in [-0.2, 0) is 30.7 Å². The monoisotopic (exact) mass is 498 g/mol. The summed E-state index contributed by atoms with van der Waals surface area (Å²) in [4.78, 5) is 35.7. The molecular formula is C26H34N4O2S2. The summed E-state index contributed by atoms with van der Waals surface area (Å²) in [6.45, 7) is 5.92. The van der Waals surface area contributed by atoms with Crippen LogP contribution in [-0.4, -0.2) is 46.2 Å². The Balaban J connectivity index is 1.57. The van der Waals surface area contributed by atoms with E-state index < -0.39 is 0 Å². The van der Waals surface area contributed by atoms with Crippen LogP contribution < -0.4 is 10.9 Å². The molecule has 1 aliphatic carbocycles. The number of amides is 1. The molecule has 6 nitrogen and oxygen atoms in total. The highest BCUT2D eigenvalue weighted by Crippen LogP contribution is 2.35. The van der Waals surface area contributed by atoms with Crippen molar-refractivity contribution in [3.8, 4) is 0 Å². The lowest BCUT2D eigenvalue weighted by molar-refractivity contribution is -0.120. The topological polar surface area (TPSA) is 67.2 Å². The zero-order valence-corrected chi connectivity index (χ0v) is 22.2. The van der Waals surface area contributed by atoms with E-state index in [2.05, 4.69) is 10.2 Å². The van der Waals surface area contributed by atoms with Crippen LogP contribution in [0.15, 0.2) is 34.2 Å². The van der Waals surface area contributed by atoms with Gasteiger partial charge in [-0.1, -0.05) is 41.6 Å². The summed E-state index contributed by atoms with van der Waals surface area (Å²) < 4.78 is 1.81. The number of carbonyl (C=O) groups excluding carboxylic acids is 1. The SMILES string of the molecule is Cc1ccc(CNC(=O)C(C)Sc2nc3sc4c(c3c(=O)n2CCCN(C)C)CCCC4)cc1. The van der Waals surface area contributed by atoms with E-state index in [0.717, 1.165) is 48.0 Å². The number of thiophene rings is 1. The smallest absolute Gasteiger partial charge is 0.263 e. The molecular weight excluding hydrogens is 464 g/mol. The number of hydrogen-bond acceptors (Lipinski definition) is 6. The fourth-order valence-electron chi connectivity index (χ4n) is 4.30. The van der Waals surface area contributed by atoms with Crippen molar-refractivity contribution in [1.82, 2.24) is 19.8 Å².